The van der Waals surface area contributed by atoms with Gasteiger partial charge in [0.1, 0.15) is 0 Å². The molecule has 5 heteroatoms. The molecule has 0 aliphatic rings. The van der Waals surface area contributed by atoms with E-state index in [2.05, 4.69) is 5.32 Å². The van der Waals surface area contributed by atoms with Gasteiger partial charge >= 0.3 is 5.97 Å². The third-order valence-electron chi connectivity index (χ3n) is 4.37. The third-order valence-corrected chi connectivity index (χ3v) is 4.37. The quantitative estimate of drug-likeness (QED) is 0.469. The van der Waals surface area contributed by atoms with Crippen LogP contribution in [-0.4, -0.2) is 24.3 Å². The molecule has 5 nitrogen and oxygen atoms in total. The highest BCUT2D eigenvalue weighted by molar-refractivity contribution is 5.98. The Bertz CT molecular complexity index is 956. The number of esters is 1. The smallest absolute Gasteiger partial charge is 0.308 e. The molecule has 0 bridgehead atoms. The van der Waals surface area contributed by atoms with Crippen LogP contribution in [-0.2, 0) is 9.53 Å². The van der Waals surface area contributed by atoms with E-state index in [0.29, 0.717) is 11.1 Å². The molecule has 0 fully saturated rings. The molecule has 0 saturated carbocycles. The fourth-order valence-electron chi connectivity index (χ4n) is 2.85. The number of carbonyl (C=O) groups is 3. The summed E-state index contributed by atoms with van der Waals surface area (Å²) in [6.07, 6.45) is -0.0787. The SMILES string of the molecule is O=C(C[C@@H](NC(=O)c1ccccc1)c1ccccc1)OCC(=O)c1ccccc1. The molecule has 3 aromatic rings. The molecule has 0 spiro atoms. The first-order valence-electron chi connectivity index (χ1n) is 9.28. The molecule has 1 atom stereocenters. The average molecular weight is 387 g/mol. The van der Waals surface area contributed by atoms with Crippen molar-refractivity contribution >= 4 is 17.7 Å². The topological polar surface area (TPSA) is 72.5 Å². The first-order valence-corrected chi connectivity index (χ1v) is 9.28. The highest BCUT2D eigenvalue weighted by Gasteiger charge is 2.20. The van der Waals surface area contributed by atoms with Crippen LogP contribution in [0.15, 0.2) is 91.0 Å². The van der Waals surface area contributed by atoms with Crippen molar-refractivity contribution in [3.05, 3.63) is 108 Å². The minimum absolute atomic E-state index is 0.0787. The molecule has 0 heterocycles. The number of ketones is 1. The summed E-state index contributed by atoms with van der Waals surface area (Å²) in [5, 5.41) is 2.88. The summed E-state index contributed by atoms with van der Waals surface area (Å²) >= 11 is 0. The normalized spacial score (nSPS) is 11.3. The number of hydrogen-bond acceptors (Lipinski definition) is 4. The lowest BCUT2D eigenvalue weighted by Crippen LogP contribution is -2.31. The van der Waals surface area contributed by atoms with E-state index in [-0.39, 0.29) is 24.7 Å². The summed E-state index contributed by atoms with van der Waals surface area (Å²) in [5.74, 6) is -1.12. The van der Waals surface area contributed by atoms with Crippen molar-refractivity contribution in [3.8, 4) is 0 Å². The van der Waals surface area contributed by atoms with Crippen LogP contribution in [0, 0.1) is 0 Å². The highest BCUT2D eigenvalue weighted by atomic mass is 16.5. The Balaban J connectivity index is 1.64. The number of nitrogens with one attached hydrogen (secondary N) is 1. The zero-order chi connectivity index (χ0) is 20.5. The number of Topliss-reactive ketones (excluding diaryl/α,β-unsaturated/α-hetero) is 1. The average Bonchev–Trinajstić information content (AvgIpc) is 2.78. The van der Waals surface area contributed by atoms with Gasteiger partial charge in [0.05, 0.1) is 12.5 Å². The van der Waals surface area contributed by atoms with Crippen molar-refractivity contribution in [1.29, 1.82) is 0 Å². The van der Waals surface area contributed by atoms with Gasteiger partial charge in [-0.2, -0.15) is 0 Å². The Hall–Kier alpha value is -3.73. The lowest BCUT2D eigenvalue weighted by molar-refractivity contribution is -0.143. The van der Waals surface area contributed by atoms with Crippen molar-refractivity contribution < 1.29 is 19.1 Å². The summed E-state index contributed by atoms with van der Waals surface area (Å²) in [5.41, 5.74) is 1.77. The van der Waals surface area contributed by atoms with Gasteiger partial charge in [0.15, 0.2) is 12.4 Å². The first kappa shape index (κ1) is 20.0. The van der Waals surface area contributed by atoms with Crippen molar-refractivity contribution in [2.24, 2.45) is 0 Å². The van der Waals surface area contributed by atoms with Gasteiger partial charge < -0.3 is 10.1 Å². The van der Waals surface area contributed by atoms with Gasteiger partial charge in [-0.25, -0.2) is 0 Å². The molecule has 1 N–H and O–H groups in total. The van der Waals surface area contributed by atoms with Gasteiger partial charge in [-0.15, -0.1) is 0 Å². The predicted molar refractivity (Wildman–Crippen MR) is 109 cm³/mol. The fraction of sp³-hybridized carbons (Fsp3) is 0.125. The maximum Gasteiger partial charge on any atom is 0.308 e. The third kappa shape index (κ3) is 5.87. The number of rotatable bonds is 8. The summed E-state index contributed by atoms with van der Waals surface area (Å²) < 4.78 is 5.16. The number of carbonyl (C=O) groups excluding carboxylic acids is 3. The number of amides is 1. The van der Waals surface area contributed by atoms with Crippen LogP contribution >= 0.6 is 0 Å². The van der Waals surface area contributed by atoms with E-state index in [0.717, 1.165) is 5.56 Å². The van der Waals surface area contributed by atoms with Crippen molar-refractivity contribution in [2.45, 2.75) is 12.5 Å². The standard InChI is InChI=1S/C24H21NO4/c26-22(19-12-6-2-7-13-19)17-29-23(27)16-21(18-10-4-1-5-11-18)25-24(28)20-14-8-3-9-15-20/h1-15,21H,16-17H2,(H,25,28)/t21-/m1/s1. The second-order valence-corrected chi connectivity index (χ2v) is 6.46. The molecule has 1 amide bonds. The van der Waals surface area contributed by atoms with Gasteiger partial charge in [-0.3, -0.25) is 14.4 Å². The van der Waals surface area contributed by atoms with E-state index < -0.39 is 12.0 Å². The maximum absolute atomic E-state index is 12.5. The Morgan fingerprint density at radius 1 is 0.724 bits per heavy atom. The molecule has 0 saturated heterocycles. The first-order chi connectivity index (χ1) is 14.1. The molecule has 0 radical (unpaired) electrons. The van der Waals surface area contributed by atoms with E-state index >= 15 is 0 Å². The molecular weight excluding hydrogens is 366 g/mol. The lowest BCUT2D eigenvalue weighted by Gasteiger charge is -2.18. The molecule has 0 aliphatic heterocycles. The monoisotopic (exact) mass is 387 g/mol. The molecular formula is C24H21NO4. The van der Waals surface area contributed by atoms with Crippen LogP contribution in [0.1, 0.15) is 38.7 Å². The fourth-order valence-corrected chi connectivity index (χ4v) is 2.85. The largest absolute Gasteiger partial charge is 0.457 e. The van der Waals surface area contributed by atoms with Crippen molar-refractivity contribution in [1.82, 2.24) is 5.32 Å². The van der Waals surface area contributed by atoms with Crippen molar-refractivity contribution in [2.75, 3.05) is 6.61 Å². The van der Waals surface area contributed by atoms with Gasteiger partial charge in [0, 0.05) is 11.1 Å². The van der Waals surface area contributed by atoms with Crippen LogP contribution in [0.4, 0.5) is 0 Å². The molecule has 0 aliphatic carbocycles. The minimum Gasteiger partial charge on any atom is -0.457 e. The summed E-state index contributed by atoms with van der Waals surface area (Å²) in [6.45, 7) is -0.336. The van der Waals surface area contributed by atoms with Gasteiger partial charge in [-0.05, 0) is 17.7 Å². The lowest BCUT2D eigenvalue weighted by atomic mass is 10.0. The van der Waals surface area contributed by atoms with Crippen LogP contribution < -0.4 is 5.32 Å². The van der Waals surface area contributed by atoms with E-state index in [4.69, 9.17) is 4.74 Å². The minimum atomic E-state index is -0.566. The Morgan fingerprint density at radius 2 is 1.24 bits per heavy atom. The van der Waals surface area contributed by atoms with Gasteiger partial charge in [0.2, 0.25) is 0 Å². The Morgan fingerprint density at radius 3 is 1.83 bits per heavy atom. The van der Waals surface area contributed by atoms with Crippen LogP contribution in [0.5, 0.6) is 0 Å². The van der Waals surface area contributed by atoms with E-state index in [1.54, 1.807) is 48.5 Å². The Labute approximate surface area is 169 Å². The predicted octanol–water partition coefficient (Wildman–Crippen LogP) is 3.97. The van der Waals surface area contributed by atoms with E-state index in [9.17, 15) is 14.4 Å². The van der Waals surface area contributed by atoms with Gasteiger partial charge in [0.25, 0.3) is 5.91 Å². The highest BCUT2D eigenvalue weighted by Crippen LogP contribution is 2.18. The number of ether oxygens (including phenoxy) is 1. The molecule has 3 aromatic carbocycles. The summed E-state index contributed by atoms with van der Waals surface area (Å²) in [7, 11) is 0. The molecule has 0 aromatic heterocycles. The van der Waals surface area contributed by atoms with Crippen molar-refractivity contribution in [3.63, 3.8) is 0 Å². The van der Waals surface area contributed by atoms with Crippen LogP contribution in [0.2, 0.25) is 0 Å². The van der Waals surface area contributed by atoms with E-state index in [1.165, 1.54) is 0 Å². The Kier molecular flexibility index (Phi) is 6.90. The zero-order valence-electron chi connectivity index (χ0n) is 15.8. The molecule has 146 valence electrons. The summed E-state index contributed by atoms with van der Waals surface area (Å²) in [4.78, 5) is 37.0. The molecule has 0 unspecified atom stereocenters. The summed E-state index contributed by atoms with van der Waals surface area (Å²) in [6, 6.07) is 26.0. The molecule has 3 rings (SSSR count). The number of hydrogen-bond donors (Lipinski definition) is 1. The zero-order valence-corrected chi connectivity index (χ0v) is 15.8. The van der Waals surface area contributed by atoms with Gasteiger partial charge in [-0.1, -0.05) is 78.9 Å². The van der Waals surface area contributed by atoms with E-state index in [1.807, 2.05) is 42.5 Å². The number of benzene rings is 3. The van der Waals surface area contributed by atoms with Crippen LogP contribution in [0.25, 0.3) is 0 Å². The molecule has 29 heavy (non-hydrogen) atoms. The maximum atomic E-state index is 12.5. The second kappa shape index (κ2) is 9.99. The second-order valence-electron chi connectivity index (χ2n) is 6.46. The van der Waals surface area contributed by atoms with Crippen LogP contribution in [0.3, 0.4) is 0 Å².